The van der Waals surface area contributed by atoms with Crippen molar-refractivity contribution >= 4 is 32.8 Å². The lowest BCUT2D eigenvalue weighted by atomic mass is 10.2. The van der Waals surface area contributed by atoms with Crippen LogP contribution >= 0.6 is 15.9 Å². The fourth-order valence-electron chi connectivity index (χ4n) is 1.51. The maximum atomic E-state index is 10.5. The molecule has 4 nitrogen and oxygen atoms in total. The zero-order valence-electron chi connectivity index (χ0n) is 9.11. The second-order valence-electron chi connectivity index (χ2n) is 3.58. The lowest BCUT2D eigenvalue weighted by Crippen LogP contribution is -2.09. The number of aryl methyl sites for hydroxylation is 1. The van der Waals surface area contributed by atoms with Gasteiger partial charge in [0.25, 0.3) is 0 Å². The standard InChI is InChI=1S/C12H10BrNO3/c1-7-2-3-8-9(13)4-5-10(12(8)14-7)17-6-11(15)16/h2-5H,6H2,1H3,(H,15,16). The van der Waals surface area contributed by atoms with Crippen LogP contribution in [-0.2, 0) is 4.79 Å². The molecular weight excluding hydrogens is 286 g/mol. The fraction of sp³-hybridized carbons (Fsp3) is 0.167. The summed E-state index contributed by atoms with van der Waals surface area (Å²) in [5.74, 6) is -0.525. The average molecular weight is 296 g/mol. The highest BCUT2D eigenvalue weighted by Crippen LogP contribution is 2.30. The second kappa shape index (κ2) is 4.71. The van der Waals surface area contributed by atoms with E-state index in [2.05, 4.69) is 20.9 Å². The number of rotatable bonds is 3. The van der Waals surface area contributed by atoms with E-state index in [-0.39, 0.29) is 6.61 Å². The van der Waals surface area contributed by atoms with Gasteiger partial charge in [-0.25, -0.2) is 9.78 Å². The molecule has 0 spiro atoms. The summed E-state index contributed by atoms with van der Waals surface area (Å²) in [6, 6.07) is 7.35. The third-order valence-electron chi connectivity index (χ3n) is 2.26. The van der Waals surface area contributed by atoms with Crippen LogP contribution in [0.1, 0.15) is 5.69 Å². The molecule has 0 fully saturated rings. The van der Waals surface area contributed by atoms with Gasteiger partial charge in [0, 0.05) is 15.6 Å². The molecule has 0 aliphatic rings. The molecule has 1 heterocycles. The van der Waals surface area contributed by atoms with E-state index in [1.807, 2.05) is 25.1 Å². The van der Waals surface area contributed by atoms with Gasteiger partial charge in [-0.3, -0.25) is 0 Å². The summed E-state index contributed by atoms with van der Waals surface area (Å²) in [6.07, 6.45) is 0. The molecule has 5 heteroatoms. The predicted octanol–water partition coefficient (Wildman–Crippen LogP) is 2.77. The number of hydrogen-bond donors (Lipinski definition) is 1. The van der Waals surface area contributed by atoms with E-state index >= 15 is 0 Å². The average Bonchev–Trinajstić information content (AvgIpc) is 2.28. The minimum absolute atomic E-state index is 0.369. The molecule has 0 saturated heterocycles. The number of ether oxygens (including phenoxy) is 1. The first-order chi connectivity index (χ1) is 8.08. The Labute approximate surface area is 106 Å². The summed E-state index contributed by atoms with van der Waals surface area (Å²) in [4.78, 5) is 14.9. The molecule has 0 radical (unpaired) electrons. The predicted molar refractivity (Wildman–Crippen MR) is 67.3 cm³/mol. The largest absolute Gasteiger partial charge is 0.480 e. The van der Waals surface area contributed by atoms with Gasteiger partial charge in [0.15, 0.2) is 6.61 Å². The van der Waals surface area contributed by atoms with Gasteiger partial charge in [0.2, 0.25) is 0 Å². The number of carbonyl (C=O) groups is 1. The number of fused-ring (bicyclic) bond motifs is 1. The van der Waals surface area contributed by atoms with Gasteiger partial charge in [-0.1, -0.05) is 15.9 Å². The van der Waals surface area contributed by atoms with Gasteiger partial charge >= 0.3 is 5.97 Å². The van der Waals surface area contributed by atoms with E-state index in [0.29, 0.717) is 11.3 Å². The molecule has 88 valence electrons. The zero-order valence-corrected chi connectivity index (χ0v) is 10.7. The summed E-state index contributed by atoms with van der Waals surface area (Å²) in [6.45, 7) is 1.51. The van der Waals surface area contributed by atoms with Crippen LogP contribution in [0.2, 0.25) is 0 Å². The molecule has 0 amide bonds. The number of halogens is 1. The van der Waals surface area contributed by atoms with Crippen molar-refractivity contribution in [2.75, 3.05) is 6.61 Å². The molecule has 0 aliphatic carbocycles. The Morgan fingerprint density at radius 1 is 1.41 bits per heavy atom. The third-order valence-corrected chi connectivity index (χ3v) is 2.95. The van der Waals surface area contributed by atoms with E-state index in [0.717, 1.165) is 15.6 Å². The SMILES string of the molecule is Cc1ccc2c(Br)ccc(OCC(=O)O)c2n1. The minimum Gasteiger partial charge on any atom is -0.480 e. The number of aliphatic carboxylic acids is 1. The molecule has 0 unspecified atom stereocenters. The van der Waals surface area contributed by atoms with E-state index in [1.54, 1.807) is 6.07 Å². The number of nitrogens with zero attached hydrogens (tertiary/aromatic N) is 1. The van der Waals surface area contributed by atoms with Crippen LogP contribution in [0.3, 0.4) is 0 Å². The van der Waals surface area contributed by atoms with Crippen molar-refractivity contribution in [2.45, 2.75) is 6.92 Å². The first-order valence-corrected chi connectivity index (χ1v) is 5.77. The molecule has 0 saturated carbocycles. The topological polar surface area (TPSA) is 59.4 Å². The monoisotopic (exact) mass is 295 g/mol. The Hall–Kier alpha value is -1.62. The summed E-state index contributed by atoms with van der Waals surface area (Å²) in [5.41, 5.74) is 1.52. The number of aromatic nitrogens is 1. The first kappa shape index (κ1) is 11.9. The maximum Gasteiger partial charge on any atom is 0.341 e. The van der Waals surface area contributed by atoms with Crippen molar-refractivity contribution in [3.8, 4) is 5.75 Å². The normalized spacial score (nSPS) is 10.5. The number of hydrogen-bond acceptors (Lipinski definition) is 3. The lowest BCUT2D eigenvalue weighted by Gasteiger charge is -2.08. The molecule has 1 aromatic heterocycles. The smallest absolute Gasteiger partial charge is 0.341 e. The molecule has 2 aromatic rings. The third kappa shape index (κ3) is 2.55. The number of pyridine rings is 1. The minimum atomic E-state index is -1.01. The Balaban J connectivity index is 2.52. The first-order valence-electron chi connectivity index (χ1n) is 4.98. The van der Waals surface area contributed by atoms with Gasteiger partial charge in [0.1, 0.15) is 11.3 Å². The van der Waals surface area contributed by atoms with Crippen molar-refractivity contribution in [2.24, 2.45) is 0 Å². The Bertz CT molecular complexity index is 583. The van der Waals surface area contributed by atoms with E-state index < -0.39 is 5.97 Å². The number of carboxylic acids is 1. The van der Waals surface area contributed by atoms with Gasteiger partial charge in [-0.05, 0) is 31.2 Å². The zero-order chi connectivity index (χ0) is 12.4. The van der Waals surface area contributed by atoms with Crippen molar-refractivity contribution in [1.29, 1.82) is 0 Å². The van der Waals surface area contributed by atoms with Crippen molar-refractivity contribution in [1.82, 2.24) is 4.98 Å². The molecule has 0 atom stereocenters. The maximum absolute atomic E-state index is 10.5. The van der Waals surface area contributed by atoms with Gasteiger partial charge < -0.3 is 9.84 Å². The quantitative estimate of drug-likeness (QED) is 0.946. The Morgan fingerprint density at radius 3 is 2.88 bits per heavy atom. The van der Waals surface area contributed by atoms with Crippen molar-refractivity contribution < 1.29 is 14.6 Å². The Morgan fingerprint density at radius 2 is 2.18 bits per heavy atom. The van der Waals surface area contributed by atoms with E-state index in [9.17, 15) is 4.79 Å². The lowest BCUT2D eigenvalue weighted by molar-refractivity contribution is -0.139. The highest BCUT2D eigenvalue weighted by molar-refractivity contribution is 9.10. The summed E-state index contributed by atoms with van der Waals surface area (Å²) in [7, 11) is 0. The van der Waals surface area contributed by atoms with Crippen LogP contribution < -0.4 is 4.74 Å². The molecular formula is C12H10BrNO3. The van der Waals surface area contributed by atoms with Crippen molar-refractivity contribution in [3.63, 3.8) is 0 Å². The molecule has 2 rings (SSSR count). The van der Waals surface area contributed by atoms with Crippen molar-refractivity contribution in [3.05, 3.63) is 34.4 Å². The molecule has 1 aromatic carbocycles. The van der Waals surface area contributed by atoms with Crippen LogP contribution in [0.15, 0.2) is 28.7 Å². The molecule has 0 aliphatic heterocycles. The highest BCUT2D eigenvalue weighted by Gasteiger charge is 2.08. The van der Waals surface area contributed by atoms with Gasteiger partial charge in [-0.15, -0.1) is 0 Å². The second-order valence-corrected chi connectivity index (χ2v) is 4.43. The van der Waals surface area contributed by atoms with Crippen LogP contribution in [-0.4, -0.2) is 22.7 Å². The summed E-state index contributed by atoms with van der Waals surface area (Å²) < 4.78 is 6.11. The number of benzene rings is 1. The molecule has 17 heavy (non-hydrogen) atoms. The fourth-order valence-corrected chi connectivity index (χ4v) is 1.96. The van der Waals surface area contributed by atoms with Gasteiger partial charge in [0.05, 0.1) is 0 Å². The number of carboxylic acid groups (broad SMARTS) is 1. The Kier molecular flexibility index (Phi) is 3.28. The van der Waals surface area contributed by atoms with Crippen LogP contribution in [0, 0.1) is 6.92 Å². The molecule has 0 bridgehead atoms. The van der Waals surface area contributed by atoms with E-state index in [4.69, 9.17) is 9.84 Å². The summed E-state index contributed by atoms with van der Waals surface area (Å²) >= 11 is 3.42. The van der Waals surface area contributed by atoms with Crippen LogP contribution in [0.25, 0.3) is 10.9 Å². The van der Waals surface area contributed by atoms with E-state index in [1.165, 1.54) is 0 Å². The molecule has 1 N–H and O–H groups in total. The van der Waals surface area contributed by atoms with Gasteiger partial charge in [-0.2, -0.15) is 0 Å². The summed E-state index contributed by atoms with van der Waals surface area (Å²) in [5, 5.41) is 9.50. The van der Waals surface area contributed by atoms with Crippen LogP contribution in [0.5, 0.6) is 5.75 Å². The highest BCUT2D eigenvalue weighted by atomic mass is 79.9. The van der Waals surface area contributed by atoms with Crippen LogP contribution in [0.4, 0.5) is 0 Å².